The average molecular weight is 318 g/mol. The van der Waals surface area contributed by atoms with Crippen LogP contribution in [0.25, 0.3) is 32.9 Å². The van der Waals surface area contributed by atoms with Crippen LogP contribution in [-0.2, 0) is 0 Å². The van der Waals surface area contributed by atoms with Gasteiger partial charge in [-0.05, 0) is 40.6 Å². The van der Waals surface area contributed by atoms with Crippen molar-refractivity contribution in [1.82, 2.24) is 4.98 Å². The van der Waals surface area contributed by atoms with E-state index in [9.17, 15) is 4.79 Å². The molecule has 0 spiro atoms. The Morgan fingerprint density at radius 2 is 1.57 bits per heavy atom. The Balaban J connectivity index is 1.98. The van der Waals surface area contributed by atoms with Crippen molar-refractivity contribution in [2.45, 2.75) is 0 Å². The summed E-state index contributed by atoms with van der Waals surface area (Å²) in [5, 5.41) is 2.62. The first-order valence-corrected chi connectivity index (χ1v) is 7.69. The van der Waals surface area contributed by atoms with Gasteiger partial charge in [-0.1, -0.05) is 54.6 Å². The second kappa shape index (κ2) is 5.49. The van der Waals surface area contributed by atoms with Crippen LogP contribution in [0.15, 0.2) is 72.8 Å². The zero-order valence-corrected chi connectivity index (χ0v) is 12.9. The summed E-state index contributed by atoms with van der Waals surface area (Å²) in [6.07, 6.45) is 0. The fourth-order valence-corrected chi connectivity index (χ4v) is 2.99. The lowest BCUT2D eigenvalue weighted by atomic mass is 10.0. The summed E-state index contributed by atoms with van der Waals surface area (Å²) in [6.45, 7) is 0. The van der Waals surface area contributed by atoms with Crippen molar-refractivity contribution in [2.24, 2.45) is 0 Å². The fraction of sp³-hybridized carbons (Fsp3) is 0. The van der Waals surface area contributed by atoms with E-state index in [0.29, 0.717) is 5.56 Å². The average Bonchev–Trinajstić information content (AvgIpc) is 2.60. The number of nitrogens with zero attached hydrogens (tertiary/aromatic N) is 1. The van der Waals surface area contributed by atoms with E-state index in [2.05, 4.69) is 29.2 Å². The molecule has 0 saturated carbocycles. The van der Waals surface area contributed by atoms with Gasteiger partial charge in [0.15, 0.2) is 0 Å². The Morgan fingerprint density at radius 1 is 0.826 bits per heavy atom. The number of para-hydroxylation sites is 1. The van der Waals surface area contributed by atoms with Crippen molar-refractivity contribution in [1.29, 1.82) is 0 Å². The standard InChI is InChI=1S/C20H12ClNO/c21-20(23)17-12-19(22-18-8-4-3-7-16(17)18)15-10-9-13-5-1-2-6-14(13)11-15/h1-12H. The summed E-state index contributed by atoms with van der Waals surface area (Å²) in [6, 6.07) is 23.6. The molecule has 3 aromatic carbocycles. The van der Waals surface area contributed by atoms with Crippen molar-refractivity contribution in [2.75, 3.05) is 0 Å². The van der Waals surface area contributed by atoms with Crippen LogP contribution in [0.5, 0.6) is 0 Å². The van der Waals surface area contributed by atoms with Crippen LogP contribution in [-0.4, -0.2) is 10.2 Å². The minimum absolute atomic E-state index is 0.467. The number of hydrogen-bond acceptors (Lipinski definition) is 2. The summed E-state index contributed by atoms with van der Waals surface area (Å²) in [5.74, 6) is 0. The van der Waals surface area contributed by atoms with Crippen molar-refractivity contribution < 1.29 is 4.79 Å². The van der Waals surface area contributed by atoms with Gasteiger partial charge >= 0.3 is 0 Å². The lowest BCUT2D eigenvalue weighted by molar-refractivity contribution is 0.108. The molecule has 1 aromatic heterocycles. The van der Waals surface area contributed by atoms with Crippen LogP contribution >= 0.6 is 11.6 Å². The molecule has 0 aliphatic heterocycles. The number of aromatic nitrogens is 1. The highest BCUT2D eigenvalue weighted by molar-refractivity contribution is 6.68. The van der Waals surface area contributed by atoms with Crippen LogP contribution in [0.4, 0.5) is 0 Å². The van der Waals surface area contributed by atoms with Gasteiger partial charge in [0.25, 0.3) is 5.24 Å². The second-order valence-electron chi connectivity index (χ2n) is 5.41. The molecule has 0 unspecified atom stereocenters. The van der Waals surface area contributed by atoms with Gasteiger partial charge < -0.3 is 0 Å². The molecule has 4 aromatic rings. The first-order valence-electron chi connectivity index (χ1n) is 7.31. The Morgan fingerprint density at radius 3 is 2.39 bits per heavy atom. The number of rotatable bonds is 2. The molecule has 110 valence electrons. The van der Waals surface area contributed by atoms with Crippen molar-refractivity contribution in [3.63, 3.8) is 0 Å². The molecule has 3 heteroatoms. The molecule has 0 atom stereocenters. The number of hydrogen-bond donors (Lipinski definition) is 0. The van der Waals surface area contributed by atoms with Crippen LogP contribution in [0.3, 0.4) is 0 Å². The highest BCUT2D eigenvalue weighted by Crippen LogP contribution is 2.28. The SMILES string of the molecule is O=C(Cl)c1cc(-c2ccc3ccccc3c2)nc2ccccc12. The number of carbonyl (C=O) groups excluding carboxylic acids is 1. The third-order valence-electron chi connectivity index (χ3n) is 3.97. The fourth-order valence-electron chi connectivity index (χ4n) is 2.83. The van der Waals surface area contributed by atoms with Gasteiger partial charge in [0, 0.05) is 16.5 Å². The predicted molar refractivity (Wildman–Crippen MR) is 94.9 cm³/mol. The first-order chi connectivity index (χ1) is 11.2. The molecule has 0 amide bonds. The van der Waals surface area contributed by atoms with Gasteiger partial charge in [-0.3, -0.25) is 4.79 Å². The quantitative estimate of drug-likeness (QED) is 0.461. The maximum Gasteiger partial charge on any atom is 0.253 e. The van der Waals surface area contributed by atoms with Crippen molar-refractivity contribution in [3.05, 3.63) is 78.4 Å². The zero-order chi connectivity index (χ0) is 15.8. The number of fused-ring (bicyclic) bond motifs is 2. The molecule has 0 fully saturated rings. The van der Waals surface area contributed by atoms with Gasteiger partial charge in [-0.15, -0.1) is 0 Å². The van der Waals surface area contributed by atoms with Crippen LogP contribution in [0.1, 0.15) is 10.4 Å². The number of pyridine rings is 1. The van der Waals surface area contributed by atoms with E-state index in [0.717, 1.165) is 27.5 Å². The molecule has 23 heavy (non-hydrogen) atoms. The normalized spacial score (nSPS) is 11.0. The summed E-state index contributed by atoms with van der Waals surface area (Å²) in [5.41, 5.74) is 2.97. The van der Waals surface area contributed by atoms with E-state index < -0.39 is 5.24 Å². The lowest BCUT2D eigenvalue weighted by Gasteiger charge is -2.08. The first kappa shape index (κ1) is 13.9. The van der Waals surface area contributed by atoms with Gasteiger partial charge in [-0.25, -0.2) is 4.98 Å². The summed E-state index contributed by atoms with van der Waals surface area (Å²) < 4.78 is 0. The van der Waals surface area contributed by atoms with E-state index >= 15 is 0 Å². The third kappa shape index (κ3) is 2.47. The number of carbonyl (C=O) groups is 1. The van der Waals surface area contributed by atoms with Crippen LogP contribution < -0.4 is 0 Å². The topological polar surface area (TPSA) is 30.0 Å². The minimum atomic E-state index is -0.467. The lowest BCUT2D eigenvalue weighted by Crippen LogP contribution is -1.95. The Labute approximate surface area is 138 Å². The van der Waals surface area contributed by atoms with E-state index in [1.165, 1.54) is 5.39 Å². The highest BCUT2D eigenvalue weighted by atomic mass is 35.5. The largest absolute Gasteiger partial charge is 0.276 e. The van der Waals surface area contributed by atoms with Gasteiger partial charge in [0.1, 0.15) is 0 Å². The molecule has 2 nitrogen and oxygen atoms in total. The Kier molecular flexibility index (Phi) is 3.32. The second-order valence-corrected chi connectivity index (χ2v) is 5.75. The summed E-state index contributed by atoms with van der Waals surface area (Å²) in [7, 11) is 0. The molecule has 1 heterocycles. The molecular formula is C20H12ClNO. The Hall–Kier alpha value is -2.71. The molecule has 0 aliphatic rings. The molecule has 0 saturated heterocycles. The Bertz CT molecular complexity index is 1060. The number of benzene rings is 3. The molecule has 4 rings (SSSR count). The van der Waals surface area contributed by atoms with E-state index in [1.807, 2.05) is 42.5 Å². The van der Waals surface area contributed by atoms with E-state index in [-0.39, 0.29) is 0 Å². The third-order valence-corrected chi connectivity index (χ3v) is 4.18. The van der Waals surface area contributed by atoms with Crippen molar-refractivity contribution >= 4 is 38.5 Å². The maximum absolute atomic E-state index is 11.8. The molecule has 0 N–H and O–H groups in total. The van der Waals surface area contributed by atoms with Crippen molar-refractivity contribution in [3.8, 4) is 11.3 Å². The van der Waals surface area contributed by atoms with Gasteiger partial charge in [-0.2, -0.15) is 0 Å². The molecule has 0 aliphatic carbocycles. The maximum atomic E-state index is 11.8. The van der Waals surface area contributed by atoms with Gasteiger partial charge in [0.05, 0.1) is 11.2 Å². The number of halogens is 1. The predicted octanol–water partition coefficient (Wildman–Crippen LogP) is 5.43. The molecular weight excluding hydrogens is 306 g/mol. The van der Waals surface area contributed by atoms with E-state index in [1.54, 1.807) is 6.07 Å². The smallest absolute Gasteiger partial charge is 0.253 e. The molecule has 0 radical (unpaired) electrons. The zero-order valence-electron chi connectivity index (χ0n) is 12.2. The van der Waals surface area contributed by atoms with E-state index in [4.69, 9.17) is 11.6 Å². The van der Waals surface area contributed by atoms with Crippen LogP contribution in [0, 0.1) is 0 Å². The summed E-state index contributed by atoms with van der Waals surface area (Å²) >= 11 is 5.77. The molecule has 0 bridgehead atoms. The van der Waals surface area contributed by atoms with Crippen LogP contribution in [0.2, 0.25) is 0 Å². The monoisotopic (exact) mass is 317 g/mol. The minimum Gasteiger partial charge on any atom is -0.276 e. The highest BCUT2D eigenvalue weighted by Gasteiger charge is 2.12. The van der Waals surface area contributed by atoms with Gasteiger partial charge in [0.2, 0.25) is 0 Å². The summed E-state index contributed by atoms with van der Waals surface area (Å²) in [4.78, 5) is 16.5.